The third-order valence-electron chi connectivity index (χ3n) is 3.30. The molecule has 0 aliphatic rings. The van der Waals surface area contributed by atoms with Gasteiger partial charge < -0.3 is 9.84 Å². The van der Waals surface area contributed by atoms with Crippen molar-refractivity contribution in [2.45, 2.75) is 30.4 Å². The number of rotatable bonds is 6. The van der Waals surface area contributed by atoms with E-state index in [1.807, 2.05) is 22.6 Å². The third kappa shape index (κ3) is 4.62. The van der Waals surface area contributed by atoms with E-state index in [1.165, 1.54) is 30.3 Å². The Morgan fingerprint density at radius 2 is 2.00 bits per heavy atom. The molecule has 1 N–H and O–H groups in total. The van der Waals surface area contributed by atoms with Crippen LogP contribution in [-0.2, 0) is 4.74 Å². The van der Waals surface area contributed by atoms with Crippen molar-refractivity contribution < 1.29 is 24.4 Å². The number of hydrogen-bond donors (Lipinski definition) is 1. The van der Waals surface area contributed by atoms with Crippen molar-refractivity contribution in [1.82, 2.24) is 5.01 Å². The summed E-state index contributed by atoms with van der Waals surface area (Å²) < 4.78 is 3.91. The van der Waals surface area contributed by atoms with E-state index < -0.39 is 32.3 Å². The summed E-state index contributed by atoms with van der Waals surface area (Å²) in [4.78, 5) is 34.5. The molecule has 142 valence electrons. The van der Waals surface area contributed by atoms with Crippen LogP contribution < -0.4 is 5.01 Å². The number of methoxy groups -OCH3 is 1. The summed E-state index contributed by atoms with van der Waals surface area (Å²) >= 11 is 1.86. The highest BCUT2D eigenvalue weighted by molar-refractivity contribution is 14.1. The molecule has 10 heteroatoms. The highest BCUT2D eigenvalue weighted by atomic mass is 127. The van der Waals surface area contributed by atoms with Crippen molar-refractivity contribution in [2.24, 2.45) is 0 Å². The zero-order valence-corrected chi connectivity index (χ0v) is 17.0. The number of nitrogens with zero attached hydrogens (tertiary/aromatic N) is 3. The minimum atomic E-state index is -1.30. The molecule has 0 bridgehead atoms. The number of esters is 1. The van der Waals surface area contributed by atoms with E-state index in [9.17, 15) is 24.8 Å². The second kappa shape index (κ2) is 8.34. The van der Waals surface area contributed by atoms with Crippen molar-refractivity contribution in [1.29, 1.82) is 0 Å². The van der Waals surface area contributed by atoms with Crippen molar-refractivity contribution >= 4 is 46.0 Å². The monoisotopic (exact) mass is 477 g/mol. The Labute approximate surface area is 164 Å². The minimum Gasteiger partial charge on any atom is -0.465 e. The molecule has 0 aromatic heterocycles. The van der Waals surface area contributed by atoms with Crippen LogP contribution in [0.1, 0.15) is 31.1 Å². The zero-order chi connectivity index (χ0) is 20.2. The van der Waals surface area contributed by atoms with Gasteiger partial charge >= 0.3 is 12.1 Å². The average molecular weight is 477 g/mol. The summed E-state index contributed by atoms with van der Waals surface area (Å²) in [5.41, 5.74) is -1.22. The summed E-state index contributed by atoms with van der Waals surface area (Å²) in [5.74, 6) is -0.727. The van der Waals surface area contributed by atoms with Gasteiger partial charge in [-0.05, 0) is 32.9 Å². The largest absolute Gasteiger partial charge is 0.465 e. The predicted octanol–water partition coefficient (Wildman–Crippen LogP) is 3.83. The van der Waals surface area contributed by atoms with Gasteiger partial charge in [0.2, 0.25) is 0 Å². The van der Waals surface area contributed by atoms with Gasteiger partial charge in [-0.1, -0.05) is 28.7 Å². The highest BCUT2D eigenvalue weighted by Crippen LogP contribution is 2.36. The normalized spacial score (nSPS) is 12.0. The second-order valence-electron chi connectivity index (χ2n) is 6.17. The van der Waals surface area contributed by atoms with Gasteiger partial charge in [-0.3, -0.25) is 15.1 Å². The topological polar surface area (TPSA) is 113 Å². The van der Waals surface area contributed by atoms with Gasteiger partial charge in [0.05, 0.1) is 23.1 Å². The van der Waals surface area contributed by atoms with Crippen LogP contribution in [-0.4, -0.2) is 43.8 Å². The number of hydrazine groups is 1. The van der Waals surface area contributed by atoms with Crippen LogP contribution in [0.5, 0.6) is 0 Å². The Morgan fingerprint density at radius 1 is 1.42 bits per heavy atom. The van der Waals surface area contributed by atoms with Crippen molar-refractivity contribution in [3.63, 3.8) is 0 Å². The lowest BCUT2D eigenvalue weighted by molar-refractivity contribution is -0.384. The average Bonchev–Trinajstić information content (AvgIpc) is 2.56. The number of anilines is 1. The van der Waals surface area contributed by atoms with E-state index in [1.54, 1.807) is 20.8 Å². The summed E-state index contributed by atoms with van der Waals surface area (Å²) in [6.45, 7) is 8.74. The predicted molar refractivity (Wildman–Crippen MR) is 105 cm³/mol. The van der Waals surface area contributed by atoms with Gasteiger partial charge in [-0.15, -0.1) is 6.58 Å². The maximum Gasteiger partial charge on any atom is 0.427 e. The van der Waals surface area contributed by atoms with Gasteiger partial charge in [0.1, 0.15) is 9.74 Å². The summed E-state index contributed by atoms with van der Waals surface area (Å²) in [5, 5.41) is 23.5. The van der Waals surface area contributed by atoms with Crippen LogP contribution in [0.2, 0.25) is 0 Å². The highest BCUT2D eigenvalue weighted by Gasteiger charge is 2.38. The van der Waals surface area contributed by atoms with Crippen LogP contribution in [0.4, 0.5) is 16.2 Å². The first-order valence-electron chi connectivity index (χ1n) is 7.41. The molecule has 1 rings (SSSR count). The summed E-state index contributed by atoms with van der Waals surface area (Å²) in [7, 11) is 1.17. The molecule has 0 heterocycles. The van der Waals surface area contributed by atoms with E-state index in [4.69, 9.17) is 0 Å². The van der Waals surface area contributed by atoms with Crippen LogP contribution in [0.3, 0.4) is 0 Å². The van der Waals surface area contributed by atoms with E-state index >= 15 is 0 Å². The Morgan fingerprint density at radius 3 is 2.38 bits per heavy atom. The van der Waals surface area contributed by atoms with Crippen LogP contribution >= 0.6 is 22.6 Å². The maximum atomic E-state index is 11.9. The minimum absolute atomic E-state index is 0.00608. The Bertz CT molecular complexity index is 731. The Hall–Kier alpha value is -2.37. The van der Waals surface area contributed by atoms with Crippen molar-refractivity contribution in [2.75, 3.05) is 12.1 Å². The number of amides is 1. The molecule has 9 nitrogen and oxygen atoms in total. The quantitative estimate of drug-likeness (QED) is 0.126. The number of carbonyl (C=O) groups is 2. The first-order chi connectivity index (χ1) is 11.9. The molecule has 0 saturated carbocycles. The van der Waals surface area contributed by atoms with E-state index in [0.29, 0.717) is 0 Å². The fourth-order valence-corrected chi connectivity index (χ4v) is 2.78. The molecule has 1 amide bonds. The molecule has 0 fully saturated rings. The fourth-order valence-electron chi connectivity index (χ4n) is 2.30. The molecule has 0 spiro atoms. The van der Waals surface area contributed by atoms with Gasteiger partial charge in [-0.2, -0.15) is 0 Å². The van der Waals surface area contributed by atoms with Crippen LogP contribution in [0.15, 0.2) is 30.9 Å². The van der Waals surface area contributed by atoms with E-state index in [2.05, 4.69) is 11.3 Å². The number of ether oxygens (including phenoxy) is 1. The number of hydrogen-bond acceptors (Lipinski definition) is 6. The number of carbonyl (C=O) groups excluding carboxylic acids is 1. The van der Waals surface area contributed by atoms with Crippen LogP contribution in [0, 0.1) is 10.1 Å². The van der Waals surface area contributed by atoms with Gasteiger partial charge in [-0.25, -0.2) is 14.6 Å². The first-order valence-corrected chi connectivity index (χ1v) is 8.66. The number of benzene rings is 1. The third-order valence-corrected chi connectivity index (χ3v) is 4.33. The molecule has 0 aliphatic heterocycles. The molecule has 1 unspecified atom stereocenters. The number of nitro groups is 1. The summed E-state index contributed by atoms with van der Waals surface area (Å²) in [6, 6.07) is 3.75. The molecule has 26 heavy (non-hydrogen) atoms. The lowest BCUT2D eigenvalue weighted by atomic mass is 10.1. The lowest BCUT2D eigenvalue weighted by Gasteiger charge is -2.44. The number of nitro benzene ring substituents is 1. The zero-order valence-electron chi connectivity index (χ0n) is 14.8. The smallest absolute Gasteiger partial charge is 0.427 e. The van der Waals surface area contributed by atoms with Gasteiger partial charge in [0, 0.05) is 6.07 Å². The fraction of sp³-hybridized carbons (Fsp3) is 0.375. The Kier molecular flexibility index (Phi) is 6.95. The van der Waals surface area contributed by atoms with Gasteiger partial charge in [0.15, 0.2) is 0 Å². The molecule has 0 saturated heterocycles. The molecular formula is C16H20IN3O6. The maximum absolute atomic E-state index is 11.9. The van der Waals surface area contributed by atoms with Crippen LogP contribution in [0.25, 0.3) is 0 Å². The second-order valence-corrected chi connectivity index (χ2v) is 7.45. The molecule has 1 aromatic rings. The van der Waals surface area contributed by atoms with E-state index in [0.717, 1.165) is 11.1 Å². The molecule has 1 aromatic carbocycles. The SMILES string of the molecule is C=CC(I)N(C(=O)O)N(c1ccc(C(=O)OC)cc1[N+](=O)[O-])C(C)(C)C. The van der Waals surface area contributed by atoms with Gasteiger partial charge in [0.25, 0.3) is 5.69 Å². The lowest BCUT2D eigenvalue weighted by Crippen LogP contribution is -2.57. The standard InChI is InChI=1S/C16H20IN3O6/c1-6-13(17)18(15(22)23)19(16(2,3)4)11-8-7-10(14(21)26-5)9-12(11)20(24)25/h6-9,13H,1H2,2-5H3,(H,22,23). The molecule has 0 radical (unpaired) electrons. The number of carboxylic acid groups (broad SMARTS) is 1. The number of halogens is 1. The number of alkyl halides is 1. The van der Waals surface area contributed by atoms with E-state index in [-0.39, 0.29) is 11.3 Å². The molecule has 0 aliphatic carbocycles. The molecular weight excluding hydrogens is 457 g/mol. The Balaban J connectivity index is 3.71. The van der Waals surface area contributed by atoms with Crippen molar-refractivity contribution in [3.8, 4) is 0 Å². The van der Waals surface area contributed by atoms with Crippen molar-refractivity contribution in [3.05, 3.63) is 46.5 Å². The molecule has 1 atom stereocenters. The summed E-state index contributed by atoms with van der Waals surface area (Å²) in [6.07, 6.45) is 0.104. The first kappa shape index (κ1) is 21.7.